The number of hydrogen-bond acceptors (Lipinski definition) is 6. The van der Waals surface area contributed by atoms with Gasteiger partial charge in [-0.25, -0.2) is 14.6 Å². The van der Waals surface area contributed by atoms with Crippen molar-refractivity contribution in [3.8, 4) is 0 Å². The van der Waals surface area contributed by atoms with Crippen molar-refractivity contribution in [3.63, 3.8) is 0 Å². The Morgan fingerprint density at radius 1 is 1.13 bits per heavy atom. The number of alkyl halides is 3. The first-order valence-electron chi connectivity index (χ1n) is 9.30. The summed E-state index contributed by atoms with van der Waals surface area (Å²) in [5.41, 5.74) is -0.869. The average molecular weight is 430 g/mol. The minimum atomic E-state index is -4.61. The number of aromatic nitrogens is 4. The zero-order valence-electron chi connectivity index (χ0n) is 16.1. The van der Waals surface area contributed by atoms with Gasteiger partial charge in [-0.15, -0.1) is 0 Å². The fourth-order valence-electron chi connectivity index (χ4n) is 3.08. The predicted octanol–water partition coefficient (Wildman–Crippen LogP) is 3.48. The molecule has 8 nitrogen and oxygen atoms in total. The highest BCUT2D eigenvalue weighted by molar-refractivity contribution is 5.95. The largest absolute Gasteiger partial charge is 0.467 e. The van der Waals surface area contributed by atoms with Gasteiger partial charge in [0.2, 0.25) is 0 Å². The van der Waals surface area contributed by atoms with E-state index in [1.807, 2.05) is 6.07 Å². The fourth-order valence-corrected chi connectivity index (χ4v) is 3.08. The molecule has 0 aliphatic rings. The third-order valence-corrected chi connectivity index (χ3v) is 4.53. The van der Waals surface area contributed by atoms with Gasteiger partial charge in [-0.2, -0.15) is 18.3 Å². The van der Waals surface area contributed by atoms with Crippen LogP contribution in [0, 0.1) is 0 Å². The Balaban J connectivity index is 1.42. The highest BCUT2D eigenvalue weighted by Gasteiger charge is 2.34. The molecule has 0 saturated heterocycles. The number of anilines is 1. The highest BCUT2D eigenvalue weighted by atomic mass is 19.4. The van der Waals surface area contributed by atoms with E-state index < -0.39 is 23.2 Å². The van der Waals surface area contributed by atoms with Crippen LogP contribution in [0.4, 0.5) is 19.0 Å². The minimum absolute atomic E-state index is 0.0704. The molecule has 31 heavy (non-hydrogen) atoms. The molecule has 4 aromatic rings. The number of benzene rings is 1. The maximum absolute atomic E-state index is 13.1. The number of nitrogens with one attached hydrogen (secondary N) is 2. The summed E-state index contributed by atoms with van der Waals surface area (Å²) in [4.78, 5) is 20.7. The van der Waals surface area contributed by atoms with Gasteiger partial charge >= 0.3 is 6.18 Å². The van der Waals surface area contributed by atoms with E-state index in [1.54, 1.807) is 23.2 Å². The van der Waals surface area contributed by atoms with Crippen LogP contribution in [0.1, 0.15) is 21.7 Å². The molecule has 0 fully saturated rings. The Kier molecular flexibility index (Phi) is 5.56. The molecule has 11 heteroatoms. The van der Waals surface area contributed by atoms with E-state index in [0.717, 1.165) is 17.9 Å². The number of rotatable bonds is 7. The van der Waals surface area contributed by atoms with E-state index in [4.69, 9.17) is 4.42 Å². The molecule has 3 aromatic heterocycles. The van der Waals surface area contributed by atoms with Crippen molar-refractivity contribution in [3.05, 3.63) is 72.1 Å². The molecule has 0 aliphatic carbocycles. The van der Waals surface area contributed by atoms with Crippen LogP contribution < -0.4 is 10.6 Å². The minimum Gasteiger partial charge on any atom is -0.467 e. The SMILES string of the molecule is O=C(NCCn1ncc2c(NCc3ccco3)ncnc21)c1ccccc1C(F)(F)F. The normalized spacial score (nSPS) is 11.6. The lowest BCUT2D eigenvalue weighted by atomic mass is 10.1. The summed E-state index contributed by atoms with van der Waals surface area (Å²) >= 11 is 0. The van der Waals surface area contributed by atoms with Crippen LogP contribution in [0.3, 0.4) is 0 Å². The molecule has 3 heterocycles. The van der Waals surface area contributed by atoms with Crippen LogP contribution in [-0.4, -0.2) is 32.2 Å². The number of halogens is 3. The lowest BCUT2D eigenvalue weighted by molar-refractivity contribution is -0.137. The van der Waals surface area contributed by atoms with Gasteiger partial charge in [0.05, 0.1) is 42.1 Å². The molecular formula is C20H17F3N6O2. The fraction of sp³-hybridized carbons (Fsp3) is 0.200. The number of carbonyl (C=O) groups excluding carboxylic acids is 1. The van der Waals surface area contributed by atoms with Crippen LogP contribution >= 0.6 is 0 Å². The highest BCUT2D eigenvalue weighted by Crippen LogP contribution is 2.31. The van der Waals surface area contributed by atoms with E-state index in [2.05, 4.69) is 25.7 Å². The molecule has 0 radical (unpaired) electrons. The standard InChI is InChI=1S/C20H17F3N6O2/c21-20(22,23)16-6-2-1-5-14(16)19(30)24-7-8-29-18-15(11-28-29)17(26-12-27-18)25-10-13-4-3-9-31-13/h1-6,9,11-12H,7-8,10H2,(H,24,30)(H,25,26,27). The molecule has 0 spiro atoms. The van der Waals surface area contributed by atoms with Gasteiger partial charge in [-0.05, 0) is 24.3 Å². The Labute approximate surface area is 174 Å². The van der Waals surface area contributed by atoms with Crippen molar-refractivity contribution in [2.75, 3.05) is 11.9 Å². The van der Waals surface area contributed by atoms with E-state index in [-0.39, 0.29) is 13.1 Å². The summed E-state index contributed by atoms with van der Waals surface area (Å²) in [5, 5.41) is 10.6. The molecule has 160 valence electrons. The van der Waals surface area contributed by atoms with Gasteiger partial charge in [0, 0.05) is 6.54 Å². The summed E-state index contributed by atoms with van der Waals surface area (Å²) in [6, 6.07) is 8.27. The molecule has 0 saturated carbocycles. The molecule has 0 unspecified atom stereocenters. The Bertz CT molecular complexity index is 1190. The second-order valence-electron chi connectivity index (χ2n) is 6.56. The van der Waals surface area contributed by atoms with Gasteiger partial charge < -0.3 is 15.1 Å². The Morgan fingerprint density at radius 2 is 1.97 bits per heavy atom. The van der Waals surface area contributed by atoms with Crippen LogP contribution in [0.2, 0.25) is 0 Å². The van der Waals surface area contributed by atoms with E-state index in [9.17, 15) is 18.0 Å². The Morgan fingerprint density at radius 3 is 2.74 bits per heavy atom. The summed E-state index contributed by atoms with van der Waals surface area (Å²) in [7, 11) is 0. The maximum atomic E-state index is 13.1. The van der Waals surface area contributed by atoms with Crippen molar-refractivity contribution in [1.29, 1.82) is 0 Å². The van der Waals surface area contributed by atoms with E-state index >= 15 is 0 Å². The zero-order valence-corrected chi connectivity index (χ0v) is 16.1. The molecular weight excluding hydrogens is 413 g/mol. The second-order valence-corrected chi connectivity index (χ2v) is 6.56. The van der Waals surface area contributed by atoms with Gasteiger partial charge in [0.25, 0.3) is 5.91 Å². The monoisotopic (exact) mass is 430 g/mol. The van der Waals surface area contributed by atoms with Gasteiger partial charge in [-0.3, -0.25) is 4.79 Å². The maximum Gasteiger partial charge on any atom is 0.417 e. The summed E-state index contributed by atoms with van der Waals surface area (Å²) in [5.74, 6) is 0.497. The number of nitrogens with zero attached hydrogens (tertiary/aromatic N) is 4. The topological polar surface area (TPSA) is 97.9 Å². The summed E-state index contributed by atoms with van der Waals surface area (Å²) in [6.45, 7) is 0.720. The number of hydrogen-bond donors (Lipinski definition) is 2. The quantitative estimate of drug-likeness (QED) is 0.466. The lowest BCUT2D eigenvalue weighted by Crippen LogP contribution is -2.29. The van der Waals surface area contributed by atoms with E-state index in [1.165, 1.54) is 18.5 Å². The van der Waals surface area contributed by atoms with Crippen LogP contribution in [0.15, 0.2) is 59.6 Å². The first-order chi connectivity index (χ1) is 14.9. The van der Waals surface area contributed by atoms with Crippen LogP contribution in [0.5, 0.6) is 0 Å². The molecule has 4 rings (SSSR count). The van der Waals surface area contributed by atoms with Crippen molar-refractivity contribution in [2.45, 2.75) is 19.3 Å². The van der Waals surface area contributed by atoms with Crippen molar-refractivity contribution < 1.29 is 22.4 Å². The molecule has 0 aliphatic heterocycles. The smallest absolute Gasteiger partial charge is 0.417 e. The van der Waals surface area contributed by atoms with Crippen molar-refractivity contribution in [1.82, 2.24) is 25.1 Å². The summed E-state index contributed by atoms with van der Waals surface area (Å²) < 4.78 is 46.1. The third-order valence-electron chi connectivity index (χ3n) is 4.53. The number of amides is 1. The van der Waals surface area contributed by atoms with Crippen LogP contribution in [0.25, 0.3) is 11.0 Å². The zero-order chi connectivity index (χ0) is 21.8. The van der Waals surface area contributed by atoms with E-state index in [0.29, 0.717) is 23.4 Å². The third kappa shape index (κ3) is 4.49. The Hall–Kier alpha value is -3.89. The number of carbonyl (C=O) groups is 1. The van der Waals surface area contributed by atoms with Crippen molar-refractivity contribution in [2.24, 2.45) is 0 Å². The number of fused-ring (bicyclic) bond motifs is 1. The van der Waals surface area contributed by atoms with Crippen LogP contribution in [-0.2, 0) is 19.3 Å². The number of furan rings is 1. The average Bonchev–Trinajstić information content (AvgIpc) is 3.42. The van der Waals surface area contributed by atoms with Crippen molar-refractivity contribution >= 4 is 22.8 Å². The molecule has 2 N–H and O–H groups in total. The lowest BCUT2D eigenvalue weighted by Gasteiger charge is -2.12. The first kappa shape index (κ1) is 20.4. The second kappa shape index (κ2) is 8.46. The molecule has 1 amide bonds. The summed E-state index contributed by atoms with van der Waals surface area (Å²) in [6.07, 6.45) is -0.0716. The van der Waals surface area contributed by atoms with Gasteiger partial charge in [0.15, 0.2) is 5.65 Å². The molecule has 0 atom stereocenters. The molecule has 0 bridgehead atoms. The predicted molar refractivity (Wildman–Crippen MR) is 105 cm³/mol. The van der Waals surface area contributed by atoms with Gasteiger partial charge in [-0.1, -0.05) is 12.1 Å². The van der Waals surface area contributed by atoms with Gasteiger partial charge in [0.1, 0.15) is 17.9 Å². The molecule has 1 aromatic carbocycles. The first-order valence-corrected chi connectivity index (χ1v) is 9.30.